The Morgan fingerprint density at radius 1 is 1.30 bits per heavy atom. The van der Waals surface area contributed by atoms with E-state index in [1.165, 1.54) is 0 Å². The van der Waals surface area contributed by atoms with Crippen LogP contribution in [0.25, 0.3) is 10.9 Å². The van der Waals surface area contributed by atoms with E-state index in [9.17, 15) is 13.2 Å². The lowest BCUT2D eigenvalue weighted by Crippen LogP contribution is -2.33. The first kappa shape index (κ1) is 17.7. The van der Waals surface area contributed by atoms with Crippen molar-refractivity contribution in [1.82, 2.24) is 4.57 Å². The highest BCUT2D eigenvalue weighted by molar-refractivity contribution is 7.90. The largest absolute Gasteiger partial charge is 0.347 e. The van der Waals surface area contributed by atoms with Crippen LogP contribution in [0.5, 0.6) is 0 Å². The first-order chi connectivity index (χ1) is 10.6. The van der Waals surface area contributed by atoms with Gasteiger partial charge in [-0.25, -0.2) is 8.42 Å². The van der Waals surface area contributed by atoms with E-state index in [2.05, 4.69) is 4.57 Å². The molecule has 6 heteroatoms. The molecule has 1 atom stereocenters. The Labute approximate surface area is 137 Å². The normalized spacial score (nSPS) is 14.1. The molecule has 0 saturated carbocycles. The lowest BCUT2D eigenvalue weighted by Gasteiger charge is -2.19. The van der Waals surface area contributed by atoms with Crippen LogP contribution < -0.4 is 5.73 Å². The quantitative estimate of drug-likeness (QED) is 0.785. The molecule has 0 amide bonds. The molecule has 2 N–H and O–H groups in total. The van der Waals surface area contributed by atoms with Gasteiger partial charge in [0.25, 0.3) is 0 Å². The summed E-state index contributed by atoms with van der Waals surface area (Å²) in [6.07, 6.45) is 4.69. The monoisotopic (exact) mass is 336 g/mol. The molecule has 1 heterocycles. The molecular weight excluding hydrogens is 312 g/mol. The van der Waals surface area contributed by atoms with E-state index in [4.69, 9.17) is 5.73 Å². The van der Waals surface area contributed by atoms with Crippen molar-refractivity contribution in [3.63, 3.8) is 0 Å². The maximum absolute atomic E-state index is 11.4. The summed E-state index contributed by atoms with van der Waals surface area (Å²) in [6, 6.07) is 7.64. The third-order valence-electron chi connectivity index (χ3n) is 3.87. The Morgan fingerprint density at radius 2 is 2.00 bits per heavy atom. The van der Waals surface area contributed by atoms with Gasteiger partial charge in [0.05, 0.1) is 11.7 Å². The number of aryl methyl sites for hydroxylation is 1. The maximum atomic E-state index is 11.4. The predicted octanol–water partition coefficient (Wildman–Crippen LogP) is 2.10. The van der Waals surface area contributed by atoms with Gasteiger partial charge in [0.15, 0.2) is 0 Å². The van der Waals surface area contributed by atoms with Crippen molar-refractivity contribution in [3.8, 4) is 0 Å². The lowest BCUT2D eigenvalue weighted by molar-refractivity contribution is -0.108. The molecule has 1 unspecified atom stereocenters. The number of hydrogen-bond acceptors (Lipinski definition) is 4. The van der Waals surface area contributed by atoms with Crippen molar-refractivity contribution in [3.05, 3.63) is 36.0 Å². The van der Waals surface area contributed by atoms with Crippen LogP contribution in [0.3, 0.4) is 0 Å². The van der Waals surface area contributed by atoms with Crippen LogP contribution in [0.15, 0.2) is 30.5 Å². The van der Waals surface area contributed by atoms with E-state index in [1.54, 1.807) is 0 Å². The van der Waals surface area contributed by atoms with E-state index < -0.39 is 15.8 Å². The first-order valence-corrected chi connectivity index (χ1v) is 9.66. The van der Waals surface area contributed by atoms with Crippen LogP contribution in [-0.2, 0) is 21.2 Å². The summed E-state index contributed by atoms with van der Waals surface area (Å²) in [5.41, 5.74) is 7.59. The highest BCUT2D eigenvalue weighted by Gasteiger charge is 2.18. The zero-order chi connectivity index (χ0) is 17.3. The summed E-state index contributed by atoms with van der Waals surface area (Å²) < 4.78 is 25.0. The number of carbonyl (C=O) groups is 1. The van der Waals surface area contributed by atoms with Gasteiger partial charge >= 0.3 is 0 Å². The third-order valence-corrected chi connectivity index (χ3v) is 4.83. The Hall–Kier alpha value is -1.66. The van der Waals surface area contributed by atoms with E-state index in [0.29, 0.717) is 6.29 Å². The Morgan fingerprint density at radius 3 is 2.57 bits per heavy atom. The zero-order valence-electron chi connectivity index (χ0n) is 13.8. The number of fused-ring (bicyclic) bond motifs is 1. The number of rotatable bonds is 7. The van der Waals surface area contributed by atoms with Gasteiger partial charge in [-0.3, -0.25) is 0 Å². The lowest BCUT2D eigenvalue weighted by atomic mass is 10.0. The molecule has 0 spiro atoms. The molecule has 0 bridgehead atoms. The van der Waals surface area contributed by atoms with Crippen LogP contribution >= 0.6 is 0 Å². The minimum Gasteiger partial charge on any atom is -0.347 e. The highest BCUT2D eigenvalue weighted by Crippen LogP contribution is 2.23. The van der Waals surface area contributed by atoms with Gasteiger partial charge in [-0.1, -0.05) is 6.07 Å². The average Bonchev–Trinajstić information content (AvgIpc) is 2.83. The Balaban J connectivity index is 2.28. The number of nitrogens with zero attached hydrogens (tertiary/aromatic N) is 1. The molecule has 0 saturated heterocycles. The van der Waals surface area contributed by atoms with Gasteiger partial charge in [-0.2, -0.15) is 0 Å². The number of nitrogens with two attached hydrogens (primary N) is 1. The summed E-state index contributed by atoms with van der Waals surface area (Å²) in [5.74, 6) is -0.787. The number of benzene rings is 1. The smallest absolute Gasteiger partial charge is 0.148 e. The molecule has 0 aliphatic carbocycles. The van der Waals surface area contributed by atoms with E-state index >= 15 is 0 Å². The van der Waals surface area contributed by atoms with Crippen molar-refractivity contribution < 1.29 is 13.2 Å². The van der Waals surface area contributed by atoms with Gasteiger partial charge in [-0.05, 0) is 49.4 Å². The van der Waals surface area contributed by atoms with Crippen molar-refractivity contribution in [2.45, 2.75) is 38.3 Å². The number of aromatic nitrogens is 1. The maximum Gasteiger partial charge on any atom is 0.148 e. The number of hydrogen-bond donors (Lipinski definition) is 1. The minimum absolute atomic E-state index is 0.163. The van der Waals surface area contributed by atoms with Crippen LogP contribution in [0.1, 0.15) is 31.7 Å². The van der Waals surface area contributed by atoms with Gasteiger partial charge in [-0.15, -0.1) is 0 Å². The minimum atomic E-state index is -3.21. The highest BCUT2D eigenvalue weighted by atomic mass is 32.2. The van der Waals surface area contributed by atoms with E-state index in [0.717, 1.165) is 35.7 Å². The summed E-state index contributed by atoms with van der Waals surface area (Å²) in [7, 11) is -3.21. The SMILES string of the molecule is CC(C)(N)CCn1ccc2cc(C(C=O)CS(C)(=O)=O)ccc21. The molecule has 0 radical (unpaired) electrons. The molecule has 0 fully saturated rings. The number of aldehydes is 1. The number of carbonyl (C=O) groups excluding carboxylic acids is 1. The van der Waals surface area contributed by atoms with Crippen molar-refractivity contribution in [2.24, 2.45) is 5.73 Å². The standard InChI is InChI=1S/C17H24N2O3S/c1-17(2,18)7-9-19-8-6-14-10-13(4-5-16(14)19)15(11-20)12-23(3,21)22/h4-6,8,10-11,15H,7,9,12,18H2,1-3H3. The molecule has 23 heavy (non-hydrogen) atoms. The molecule has 1 aromatic heterocycles. The van der Waals surface area contributed by atoms with Crippen molar-refractivity contribution in [1.29, 1.82) is 0 Å². The van der Waals surface area contributed by atoms with Gasteiger partial charge in [0.1, 0.15) is 16.1 Å². The van der Waals surface area contributed by atoms with Gasteiger partial charge in [0.2, 0.25) is 0 Å². The molecule has 0 aliphatic rings. The molecule has 1 aromatic carbocycles. The molecule has 126 valence electrons. The zero-order valence-corrected chi connectivity index (χ0v) is 14.6. The second-order valence-electron chi connectivity index (χ2n) is 6.90. The summed E-state index contributed by atoms with van der Waals surface area (Å²) >= 11 is 0. The van der Waals surface area contributed by atoms with Crippen LogP contribution in [0.2, 0.25) is 0 Å². The molecule has 2 rings (SSSR count). The topological polar surface area (TPSA) is 82.2 Å². The molecule has 2 aromatic rings. The van der Waals surface area contributed by atoms with Crippen molar-refractivity contribution in [2.75, 3.05) is 12.0 Å². The van der Waals surface area contributed by atoms with E-state index in [-0.39, 0.29) is 11.3 Å². The summed E-state index contributed by atoms with van der Waals surface area (Å²) in [4.78, 5) is 11.3. The van der Waals surface area contributed by atoms with Crippen LogP contribution in [0.4, 0.5) is 0 Å². The van der Waals surface area contributed by atoms with Gasteiger partial charge in [0, 0.05) is 30.1 Å². The molecular formula is C17H24N2O3S. The fourth-order valence-electron chi connectivity index (χ4n) is 2.59. The molecule has 5 nitrogen and oxygen atoms in total. The van der Waals surface area contributed by atoms with Crippen LogP contribution in [0, 0.1) is 0 Å². The second-order valence-corrected chi connectivity index (χ2v) is 9.09. The summed E-state index contributed by atoms with van der Waals surface area (Å²) in [6.45, 7) is 4.81. The summed E-state index contributed by atoms with van der Waals surface area (Å²) in [5, 5.41) is 0.998. The second kappa shape index (κ2) is 6.45. The Bertz CT molecular complexity index is 801. The third kappa shape index (κ3) is 4.91. The van der Waals surface area contributed by atoms with Gasteiger partial charge < -0.3 is 15.1 Å². The fraction of sp³-hybridized carbons (Fsp3) is 0.471. The van der Waals surface area contributed by atoms with E-state index in [1.807, 2.05) is 44.3 Å². The van der Waals surface area contributed by atoms with Crippen molar-refractivity contribution >= 4 is 27.0 Å². The fourth-order valence-corrected chi connectivity index (χ4v) is 3.52. The first-order valence-electron chi connectivity index (χ1n) is 7.60. The van der Waals surface area contributed by atoms with Crippen LogP contribution in [-0.4, -0.2) is 36.8 Å². The average molecular weight is 336 g/mol. The predicted molar refractivity (Wildman–Crippen MR) is 93.3 cm³/mol. The molecule has 0 aliphatic heterocycles. The number of sulfone groups is 1. The Kier molecular flexibility index (Phi) is 4.96.